The third-order valence-electron chi connectivity index (χ3n) is 3.09. The molecule has 5 nitrogen and oxygen atoms in total. The zero-order valence-corrected chi connectivity index (χ0v) is 12.3. The van der Waals surface area contributed by atoms with Crippen molar-refractivity contribution in [2.45, 2.75) is 39.5 Å². The largest absolute Gasteiger partial charge is 0.356 e. The number of hydrogen-bond acceptors (Lipinski definition) is 4. The molecule has 0 aliphatic heterocycles. The molecule has 0 saturated carbocycles. The van der Waals surface area contributed by atoms with Crippen LogP contribution in [0.1, 0.15) is 39.5 Å². The molecular weight excluding hydrogens is 262 g/mol. The van der Waals surface area contributed by atoms with Crippen molar-refractivity contribution >= 4 is 23.2 Å². The first kappa shape index (κ1) is 14.1. The van der Waals surface area contributed by atoms with Crippen molar-refractivity contribution in [3.05, 3.63) is 17.5 Å². The van der Waals surface area contributed by atoms with E-state index in [2.05, 4.69) is 33.8 Å². The minimum Gasteiger partial charge on any atom is -0.356 e. The maximum absolute atomic E-state index is 6.07. The molecular formula is C13H20ClN5. The van der Waals surface area contributed by atoms with Gasteiger partial charge >= 0.3 is 0 Å². The highest BCUT2D eigenvalue weighted by atomic mass is 35.5. The number of rotatable bonds is 7. The second-order valence-corrected chi connectivity index (χ2v) is 4.99. The van der Waals surface area contributed by atoms with Crippen molar-refractivity contribution < 1.29 is 0 Å². The van der Waals surface area contributed by atoms with Gasteiger partial charge in [-0.05, 0) is 12.8 Å². The van der Waals surface area contributed by atoms with E-state index in [0.29, 0.717) is 10.9 Å². The van der Waals surface area contributed by atoms with Gasteiger partial charge in [-0.3, -0.25) is 0 Å². The molecule has 0 unspecified atom stereocenters. The molecule has 0 aliphatic carbocycles. The molecule has 19 heavy (non-hydrogen) atoms. The Balaban J connectivity index is 2.33. The molecule has 0 aliphatic rings. The van der Waals surface area contributed by atoms with Crippen molar-refractivity contribution in [1.29, 1.82) is 0 Å². The minimum absolute atomic E-state index is 0.466. The molecule has 0 amide bonds. The van der Waals surface area contributed by atoms with Gasteiger partial charge in [0.05, 0.1) is 0 Å². The number of halogens is 1. The lowest BCUT2D eigenvalue weighted by atomic mass is 10.2. The van der Waals surface area contributed by atoms with Crippen molar-refractivity contribution in [1.82, 2.24) is 19.6 Å². The molecule has 2 heterocycles. The smallest absolute Gasteiger partial charge is 0.255 e. The van der Waals surface area contributed by atoms with Crippen LogP contribution in [-0.4, -0.2) is 32.7 Å². The third kappa shape index (κ3) is 3.35. The van der Waals surface area contributed by atoms with Gasteiger partial charge in [-0.1, -0.05) is 38.3 Å². The zero-order valence-electron chi connectivity index (χ0n) is 11.5. The average Bonchev–Trinajstić information content (AvgIpc) is 2.86. The second-order valence-electron chi connectivity index (χ2n) is 4.60. The van der Waals surface area contributed by atoms with Gasteiger partial charge in [-0.15, -0.1) is 0 Å². The quantitative estimate of drug-likeness (QED) is 0.731. The maximum Gasteiger partial charge on any atom is 0.255 e. The first-order chi connectivity index (χ1) is 9.26. The van der Waals surface area contributed by atoms with Gasteiger partial charge in [-0.2, -0.15) is 19.6 Å². The molecule has 104 valence electrons. The van der Waals surface area contributed by atoms with E-state index in [1.807, 2.05) is 6.07 Å². The van der Waals surface area contributed by atoms with Crippen LogP contribution in [0.25, 0.3) is 5.78 Å². The molecule has 2 rings (SSSR count). The van der Waals surface area contributed by atoms with E-state index < -0.39 is 0 Å². The Morgan fingerprint density at radius 3 is 2.53 bits per heavy atom. The molecule has 0 N–H and O–H groups in total. The summed E-state index contributed by atoms with van der Waals surface area (Å²) in [5.74, 6) is 1.54. The summed E-state index contributed by atoms with van der Waals surface area (Å²) < 4.78 is 1.76. The number of nitrogens with zero attached hydrogens (tertiary/aromatic N) is 5. The lowest BCUT2D eigenvalue weighted by molar-refractivity contribution is 0.661. The van der Waals surface area contributed by atoms with Crippen LogP contribution in [-0.2, 0) is 0 Å². The summed E-state index contributed by atoms with van der Waals surface area (Å²) in [5, 5.41) is 4.71. The molecule has 0 aromatic carbocycles. The number of hydrogen-bond donors (Lipinski definition) is 0. The highest BCUT2D eigenvalue weighted by molar-refractivity contribution is 6.29. The summed E-state index contributed by atoms with van der Waals surface area (Å²) in [6, 6.07) is 1.87. The van der Waals surface area contributed by atoms with Gasteiger partial charge in [0.2, 0.25) is 0 Å². The fourth-order valence-corrected chi connectivity index (χ4v) is 2.21. The molecule has 0 radical (unpaired) electrons. The Labute approximate surface area is 118 Å². The lowest BCUT2D eigenvalue weighted by Crippen LogP contribution is -2.28. The van der Waals surface area contributed by atoms with E-state index in [-0.39, 0.29) is 0 Å². The second kappa shape index (κ2) is 6.70. The van der Waals surface area contributed by atoms with E-state index in [9.17, 15) is 0 Å². The van der Waals surface area contributed by atoms with E-state index in [1.54, 1.807) is 4.52 Å². The number of fused-ring (bicyclic) bond motifs is 1. The Morgan fingerprint density at radius 1 is 1.21 bits per heavy atom. The minimum atomic E-state index is 0.466. The summed E-state index contributed by atoms with van der Waals surface area (Å²) >= 11 is 6.07. The fraction of sp³-hybridized carbons (Fsp3) is 0.615. The summed E-state index contributed by atoms with van der Waals surface area (Å²) in [6.45, 7) is 6.41. The van der Waals surface area contributed by atoms with Crippen LogP contribution >= 0.6 is 11.6 Å². The lowest BCUT2D eigenvalue weighted by Gasteiger charge is -2.24. The topological polar surface area (TPSA) is 46.3 Å². The maximum atomic E-state index is 6.07. The predicted octanol–water partition coefficient (Wildman–Crippen LogP) is 3.18. The van der Waals surface area contributed by atoms with Gasteiger partial charge in [0, 0.05) is 19.2 Å². The first-order valence-corrected chi connectivity index (χ1v) is 7.25. The van der Waals surface area contributed by atoms with E-state index >= 15 is 0 Å². The van der Waals surface area contributed by atoms with Gasteiger partial charge in [0.15, 0.2) is 0 Å². The SMILES string of the molecule is CCCCN(CCCC)c1cc(Cl)nc2ncnn12. The molecule has 0 saturated heterocycles. The average molecular weight is 282 g/mol. The van der Waals surface area contributed by atoms with E-state index in [1.165, 1.54) is 19.2 Å². The van der Waals surface area contributed by atoms with Crippen molar-refractivity contribution in [3.63, 3.8) is 0 Å². The normalized spacial score (nSPS) is 11.1. The Morgan fingerprint density at radius 2 is 1.89 bits per heavy atom. The monoisotopic (exact) mass is 281 g/mol. The molecule has 2 aromatic rings. The summed E-state index contributed by atoms with van der Waals surface area (Å²) in [5.41, 5.74) is 0. The van der Waals surface area contributed by atoms with Crippen LogP contribution in [0.3, 0.4) is 0 Å². The van der Waals surface area contributed by atoms with Gasteiger partial charge in [0.25, 0.3) is 5.78 Å². The van der Waals surface area contributed by atoms with Crippen LogP contribution < -0.4 is 4.90 Å². The highest BCUT2D eigenvalue weighted by Gasteiger charge is 2.13. The summed E-state index contributed by atoms with van der Waals surface area (Å²) in [4.78, 5) is 10.6. The standard InChI is InChI=1S/C13H20ClN5/c1-3-5-7-18(8-6-4-2)12-9-11(14)17-13-15-10-16-19(12)13/h9-10H,3-8H2,1-2H3. The van der Waals surface area contributed by atoms with Crippen LogP contribution in [0.2, 0.25) is 5.15 Å². The zero-order chi connectivity index (χ0) is 13.7. The first-order valence-electron chi connectivity index (χ1n) is 6.87. The van der Waals surface area contributed by atoms with Crippen LogP contribution in [0.15, 0.2) is 12.4 Å². The summed E-state index contributed by atoms with van der Waals surface area (Å²) in [6.07, 6.45) is 6.16. The third-order valence-corrected chi connectivity index (χ3v) is 3.28. The van der Waals surface area contributed by atoms with Gasteiger partial charge in [0.1, 0.15) is 17.3 Å². The molecule has 0 atom stereocenters. The highest BCUT2D eigenvalue weighted by Crippen LogP contribution is 2.20. The van der Waals surface area contributed by atoms with Crippen molar-refractivity contribution in [3.8, 4) is 0 Å². The fourth-order valence-electron chi connectivity index (χ4n) is 2.03. The molecule has 2 aromatic heterocycles. The number of aromatic nitrogens is 4. The van der Waals surface area contributed by atoms with Crippen LogP contribution in [0, 0.1) is 0 Å². The van der Waals surface area contributed by atoms with E-state index in [0.717, 1.165) is 31.7 Å². The van der Waals surface area contributed by atoms with Gasteiger partial charge in [-0.25, -0.2) is 0 Å². The van der Waals surface area contributed by atoms with E-state index in [4.69, 9.17) is 11.6 Å². The van der Waals surface area contributed by atoms with Gasteiger partial charge < -0.3 is 4.90 Å². The Bertz CT molecular complexity index is 517. The van der Waals surface area contributed by atoms with Crippen LogP contribution in [0.5, 0.6) is 0 Å². The van der Waals surface area contributed by atoms with Crippen LogP contribution in [0.4, 0.5) is 5.82 Å². The Kier molecular flexibility index (Phi) is 4.96. The molecule has 0 fully saturated rings. The summed E-state index contributed by atoms with van der Waals surface area (Å²) in [7, 11) is 0. The number of anilines is 1. The van der Waals surface area contributed by atoms with Crippen molar-refractivity contribution in [2.75, 3.05) is 18.0 Å². The predicted molar refractivity (Wildman–Crippen MR) is 77.8 cm³/mol. The Hall–Kier alpha value is -1.36. The van der Waals surface area contributed by atoms with Crippen molar-refractivity contribution in [2.24, 2.45) is 0 Å². The molecule has 0 bridgehead atoms. The molecule has 0 spiro atoms. The number of unbranched alkanes of at least 4 members (excludes halogenated alkanes) is 2. The molecule has 6 heteroatoms.